The molecule has 2 fully saturated rings. The van der Waals surface area contributed by atoms with Gasteiger partial charge >= 0.3 is 18.2 Å². The molecular weight excluding hydrogens is 555 g/mol. The number of carbonyl (C=O) groups excluding carboxylic acids is 2. The number of nitrogens with one attached hydrogen (secondary N) is 2. The van der Waals surface area contributed by atoms with E-state index in [-0.39, 0.29) is 18.2 Å². The fourth-order valence-corrected chi connectivity index (χ4v) is 5.86. The Morgan fingerprint density at radius 3 is 2.48 bits per heavy atom. The van der Waals surface area contributed by atoms with Crippen LogP contribution < -0.4 is 10.6 Å². The number of hydrogen-bond acceptors (Lipinski definition) is 6. The van der Waals surface area contributed by atoms with Crippen LogP contribution in [0, 0.1) is 11.3 Å². The highest BCUT2D eigenvalue weighted by atomic mass is 19.4. The predicted octanol–water partition coefficient (Wildman–Crippen LogP) is 4.73. The molecule has 42 heavy (non-hydrogen) atoms. The molecule has 3 atom stereocenters. The number of nitrogens with zero attached hydrogens (tertiary/aromatic N) is 3. The van der Waals surface area contributed by atoms with Crippen molar-refractivity contribution in [3.05, 3.63) is 65.6 Å². The van der Waals surface area contributed by atoms with E-state index in [0.29, 0.717) is 11.3 Å². The molecule has 1 aromatic carbocycles. The lowest BCUT2D eigenvalue weighted by Crippen LogP contribution is -2.41. The lowest BCUT2D eigenvalue weighted by Gasteiger charge is -2.25. The van der Waals surface area contributed by atoms with E-state index in [9.17, 15) is 32.7 Å². The summed E-state index contributed by atoms with van der Waals surface area (Å²) in [7, 11) is 0. The molecule has 1 saturated carbocycles. The molecule has 0 bridgehead atoms. The monoisotopic (exact) mass is 587 g/mol. The van der Waals surface area contributed by atoms with Gasteiger partial charge in [-0.25, -0.2) is 14.3 Å². The topological polar surface area (TPSA) is 135 Å². The first-order chi connectivity index (χ1) is 20.0. The molecule has 0 spiro atoms. The Bertz CT molecular complexity index is 1440. The van der Waals surface area contributed by atoms with Gasteiger partial charge in [0.25, 0.3) is 0 Å². The summed E-state index contributed by atoms with van der Waals surface area (Å²) in [6.45, 7) is 0.105. The van der Waals surface area contributed by atoms with Crippen LogP contribution in [0.3, 0.4) is 0 Å². The first kappa shape index (κ1) is 29.3. The molecule has 3 N–H and O–H groups in total. The molecular formula is C29H32F3N5O5. The Morgan fingerprint density at radius 2 is 1.83 bits per heavy atom. The number of fused-ring (bicyclic) bond motifs is 1. The average Bonchev–Trinajstić information content (AvgIpc) is 3.41. The zero-order chi connectivity index (χ0) is 29.9. The number of carboxylic acid groups (broad SMARTS) is 1. The number of aromatic nitrogens is 3. The lowest BCUT2D eigenvalue weighted by molar-refractivity contribution is -0.158. The number of alkyl carbamates (subject to hydrolysis) is 1. The largest absolute Gasteiger partial charge is 0.480 e. The maximum atomic E-state index is 13.3. The quantitative estimate of drug-likeness (QED) is 0.256. The molecule has 224 valence electrons. The maximum absolute atomic E-state index is 13.3. The Hall–Kier alpha value is -4.16. The zero-order valence-corrected chi connectivity index (χ0v) is 22.8. The number of carboxylic acids is 1. The molecule has 2 amide bonds. The van der Waals surface area contributed by atoms with Crippen LogP contribution in [0.2, 0.25) is 0 Å². The third kappa shape index (κ3) is 6.34. The minimum absolute atomic E-state index is 0.0953. The molecule has 3 heterocycles. The van der Waals surface area contributed by atoms with Gasteiger partial charge in [0.1, 0.15) is 12.6 Å². The molecule has 10 nitrogen and oxygen atoms in total. The van der Waals surface area contributed by atoms with Crippen molar-refractivity contribution in [3.63, 3.8) is 0 Å². The Kier molecular flexibility index (Phi) is 8.37. The van der Waals surface area contributed by atoms with Crippen LogP contribution >= 0.6 is 0 Å². The van der Waals surface area contributed by atoms with E-state index >= 15 is 0 Å². The van der Waals surface area contributed by atoms with Gasteiger partial charge in [0.2, 0.25) is 5.91 Å². The van der Waals surface area contributed by atoms with E-state index in [2.05, 4.69) is 15.4 Å². The summed E-state index contributed by atoms with van der Waals surface area (Å²) >= 11 is 0. The fraction of sp³-hybridized carbons (Fsp3) is 0.483. The number of ether oxygens (including phenoxy) is 1. The Balaban J connectivity index is 1.38. The molecule has 1 aliphatic heterocycles. The lowest BCUT2D eigenvalue weighted by atomic mass is 9.80. The number of carbonyl (C=O) groups is 3. The van der Waals surface area contributed by atoms with Crippen LogP contribution in [-0.2, 0) is 27.4 Å². The van der Waals surface area contributed by atoms with Crippen LogP contribution in [-0.4, -0.2) is 49.9 Å². The summed E-state index contributed by atoms with van der Waals surface area (Å²) in [5, 5.41) is 19.0. The smallest absolute Gasteiger partial charge is 0.408 e. The van der Waals surface area contributed by atoms with Gasteiger partial charge in [0, 0.05) is 12.8 Å². The van der Waals surface area contributed by atoms with E-state index in [1.165, 1.54) is 10.6 Å². The summed E-state index contributed by atoms with van der Waals surface area (Å²) < 4.78 is 46.8. The van der Waals surface area contributed by atoms with Gasteiger partial charge in [-0.2, -0.15) is 18.3 Å². The van der Waals surface area contributed by atoms with Gasteiger partial charge in [0.15, 0.2) is 11.1 Å². The highest BCUT2D eigenvalue weighted by molar-refractivity contribution is 6.04. The second-order valence-electron chi connectivity index (χ2n) is 11.1. The van der Waals surface area contributed by atoms with Crippen molar-refractivity contribution in [2.45, 2.75) is 76.2 Å². The minimum atomic E-state index is -4.77. The van der Waals surface area contributed by atoms with Gasteiger partial charge < -0.3 is 20.5 Å². The second-order valence-corrected chi connectivity index (χ2v) is 11.1. The third-order valence-corrected chi connectivity index (χ3v) is 8.15. The van der Waals surface area contributed by atoms with Crippen molar-refractivity contribution in [1.82, 2.24) is 25.2 Å². The summed E-state index contributed by atoms with van der Waals surface area (Å²) in [5.41, 5.74) is -0.406. The summed E-state index contributed by atoms with van der Waals surface area (Å²) in [5.74, 6) is -2.75. The van der Waals surface area contributed by atoms with Gasteiger partial charge in [-0.05, 0) is 36.5 Å². The number of hydrogen-bond donors (Lipinski definition) is 3. The first-order valence-electron chi connectivity index (χ1n) is 14.0. The van der Waals surface area contributed by atoms with Gasteiger partial charge in [-0.3, -0.25) is 9.59 Å². The number of rotatable bonds is 8. The molecule has 1 aliphatic carbocycles. The Morgan fingerprint density at radius 1 is 1.12 bits per heavy atom. The van der Waals surface area contributed by atoms with Crippen molar-refractivity contribution in [3.8, 4) is 0 Å². The van der Waals surface area contributed by atoms with Crippen molar-refractivity contribution in [2.24, 2.45) is 11.3 Å². The van der Waals surface area contributed by atoms with Crippen LogP contribution in [0.1, 0.15) is 67.9 Å². The number of halogens is 3. The number of aliphatic carboxylic acids is 1. The molecule has 0 radical (unpaired) electrons. The summed E-state index contributed by atoms with van der Waals surface area (Å²) in [6, 6.07) is 9.58. The predicted molar refractivity (Wildman–Crippen MR) is 143 cm³/mol. The first-order valence-corrected chi connectivity index (χ1v) is 14.0. The zero-order valence-electron chi connectivity index (χ0n) is 22.8. The SMILES string of the molecule is O=C(NC(c1cn2nc(CC3(C(=O)O)C[C@@H](C(F)(F)F)NC3=O)ccc2n1)C1CCCCCC1)OCc1ccccc1. The molecule has 5 rings (SSSR count). The van der Waals surface area contributed by atoms with E-state index in [1.54, 1.807) is 17.6 Å². The number of benzene rings is 1. The van der Waals surface area contributed by atoms with E-state index < -0.39 is 54.5 Å². The molecule has 1 saturated heterocycles. The fourth-order valence-electron chi connectivity index (χ4n) is 5.86. The molecule has 3 aromatic rings. The highest BCUT2D eigenvalue weighted by Crippen LogP contribution is 2.40. The standard InChI is InChI=1S/C29H32F3N5O5/c30-29(31,32)22-15-28(26(39)40,25(38)34-22)14-20-12-13-23-33-21(16-37(23)36-20)24(19-10-6-1-2-7-11-19)35-27(41)42-17-18-8-4-3-5-9-18/h3-5,8-9,12-13,16,19,22,24H,1-2,6-7,10-11,14-15,17H2,(H,34,38)(H,35,41)(H,39,40)/t22-,24?,28?/m0/s1. The van der Waals surface area contributed by atoms with Crippen molar-refractivity contribution in [2.75, 3.05) is 0 Å². The van der Waals surface area contributed by atoms with Gasteiger partial charge in [-0.1, -0.05) is 56.0 Å². The van der Waals surface area contributed by atoms with Crippen molar-refractivity contribution < 1.29 is 37.4 Å². The van der Waals surface area contributed by atoms with Crippen LogP contribution in [0.15, 0.2) is 48.7 Å². The molecule has 2 unspecified atom stereocenters. The minimum Gasteiger partial charge on any atom is -0.480 e. The maximum Gasteiger partial charge on any atom is 0.408 e. The second kappa shape index (κ2) is 12.0. The van der Waals surface area contributed by atoms with Crippen LogP contribution in [0.5, 0.6) is 0 Å². The van der Waals surface area contributed by atoms with Gasteiger partial charge in [0.05, 0.1) is 23.6 Å². The van der Waals surface area contributed by atoms with E-state index in [1.807, 2.05) is 30.3 Å². The van der Waals surface area contributed by atoms with Crippen molar-refractivity contribution in [1.29, 1.82) is 0 Å². The van der Waals surface area contributed by atoms with Gasteiger partial charge in [-0.15, -0.1) is 0 Å². The Labute approximate surface area is 239 Å². The number of alkyl halides is 3. The number of imidazole rings is 1. The van der Waals surface area contributed by atoms with Crippen LogP contribution in [0.4, 0.5) is 18.0 Å². The normalized spacial score (nSPS) is 22.4. The van der Waals surface area contributed by atoms with Crippen LogP contribution in [0.25, 0.3) is 5.65 Å². The molecule has 13 heteroatoms. The van der Waals surface area contributed by atoms with Crippen molar-refractivity contribution >= 4 is 23.6 Å². The number of amides is 2. The summed E-state index contributed by atoms with van der Waals surface area (Å²) in [6.07, 6.45) is 0.786. The molecule has 2 aliphatic rings. The molecule has 2 aromatic heterocycles. The average molecular weight is 588 g/mol. The highest BCUT2D eigenvalue weighted by Gasteiger charge is 2.59. The van der Waals surface area contributed by atoms with E-state index in [4.69, 9.17) is 4.74 Å². The van der Waals surface area contributed by atoms with E-state index in [0.717, 1.165) is 44.1 Å². The summed E-state index contributed by atoms with van der Waals surface area (Å²) in [4.78, 5) is 42.1. The third-order valence-electron chi connectivity index (χ3n) is 8.15.